The van der Waals surface area contributed by atoms with Gasteiger partial charge < -0.3 is 15.6 Å². The van der Waals surface area contributed by atoms with Crippen LogP contribution in [0.15, 0.2) is 24.3 Å². The fraction of sp³-hybridized carbons (Fsp3) is 0.467. The molecule has 1 unspecified atom stereocenters. The van der Waals surface area contributed by atoms with Gasteiger partial charge in [0, 0.05) is 11.6 Å². The first-order valence-corrected chi connectivity index (χ1v) is 8.40. The van der Waals surface area contributed by atoms with Crippen molar-refractivity contribution < 1.29 is 19.4 Å². The lowest BCUT2D eigenvalue weighted by atomic mass is 10.1. The molecule has 0 heterocycles. The molecule has 8 heteroatoms. The van der Waals surface area contributed by atoms with Crippen LogP contribution in [0, 0.1) is 0 Å². The second-order valence-electron chi connectivity index (χ2n) is 4.77. The molecule has 0 spiro atoms. The van der Waals surface area contributed by atoms with Gasteiger partial charge in [-0.1, -0.05) is 6.92 Å². The highest BCUT2D eigenvalue weighted by molar-refractivity contribution is 7.99. The highest BCUT2D eigenvalue weighted by Crippen LogP contribution is 2.11. The summed E-state index contributed by atoms with van der Waals surface area (Å²) in [6, 6.07) is 5.71. The Hall–Kier alpha value is -1.77. The van der Waals surface area contributed by atoms with Crippen molar-refractivity contribution in [3.63, 3.8) is 0 Å². The second kappa shape index (κ2) is 10.1. The molecule has 0 aliphatic carbocycles. The molecule has 0 saturated heterocycles. The molecule has 0 saturated carbocycles. The number of hydrazine groups is 1. The number of nitrogens with one attached hydrogen (secondary N) is 2. The molecular weight excluding hydrogens is 318 g/mol. The fourth-order valence-corrected chi connectivity index (χ4v) is 2.45. The first kappa shape index (κ1) is 19.3. The molecule has 128 valence electrons. The van der Waals surface area contributed by atoms with Crippen molar-refractivity contribution in [2.75, 3.05) is 18.6 Å². The Bertz CT molecular complexity index is 510. The average molecular weight is 341 g/mol. The van der Waals surface area contributed by atoms with Gasteiger partial charge in [0.2, 0.25) is 0 Å². The monoisotopic (exact) mass is 341 g/mol. The first-order chi connectivity index (χ1) is 11.0. The Balaban J connectivity index is 2.42. The molecule has 2 atom stereocenters. The van der Waals surface area contributed by atoms with E-state index in [4.69, 9.17) is 10.5 Å². The zero-order valence-electron chi connectivity index (χ0n) is 13.2. The van der Waals surface area contributed by atoms with Crippen molar-refractivity contribution in [3.8, 4) is 5.75 Å². The van der Waals surface area contributed by atoms with Gasteiger partial charge in [0.1, 0.15) is 11.9 Å². The minimum absolute atomic E-state index is 0.351. The van der Waals surface area contributed by atoms with Gasteiger partial charge in [-0.15, -0.1) is 0 Å². The van der Waals surface area contributed by atoms with E-state index in [1.807, 2.05) is 6.92 Å². The number of ether oxygens (including phenoxy) is 1. The van der Waals surface area contributed by atoms with E-state index in [9.17, 15) is 14.7 Å². The van der Waals surface area contributed by atoms with Gasteiger partial charge in [-0.2, -0.15) is 11.8 Å². The highest BCUT2D eigenvalue weighted by Gasteiger charge is 2.23. The third kappa shape index (κ3) is 6.47. The van der Waals surface area contributed by atoms with Crippen LogP contribution in [0.5, 0.6) is 5.75 Å². The maximum Gasteiger partial charge on any atom is 0.269 e. The predicted octanol–water partition coefficient (Wildman–Crippen LogP) is 0.288. The van der Waals surface area contributed by atoms with E-state index in [0.717, 1.165) is 11.5 Å². The summed E-state index contributed by atoms with van der Waals surface area (Å²) in [7, 11) is 1.53. The van der Waals surface area contributed by atoms with Crippen LogP contribution >= 0.6 is 11.8 Å². The number of hydrogen-bond donors (Lipinski definition) is 4. The van der Waals surface area contributed by atoms with Crippen LogP contribution in [0.3, 0.4) is 0 Å². The van der Waals surface area contributed by atoms with Gasteiger partial charge in [-0.25, -0.2) is 0 Å². The van der Waals surface area contributed by atoms with Crippen LogP contribution in [0.2, 0.25) is 0 Å². The van der Waals surface area contributed by atoms with E-state index >= 15 is 0 Å². The van der Waals surface area contributed by atoms with Crippen molar-refractivity contribution in [2.45, 2.75) is 25.5 Å². The number of methoxy groups -OCH3 is 1. The van der Waals surface area contributed by atoms with Gasteiger partial charge in [0.25, 0.3) is 11.8 Å². The predicted molar refractivity (Wildman–Crippen MR) is 90.2 cm³/mol. The molecule has 0 aromatic heterocycles. The zero-order chi connectivity index (χ0) is 17.2. The number of aliphatic hydroxyl groups excluding tert-OH is 1. The van der Waals surface area contributed by atoms with Crippen LogP contribution in [-0.4, -0.2) is 47.7 Å². The highest BCUT2D eigenvalue weighted by atomic mass is 32.2. The summed E-state index contributed by atoms with van der Waals surface area (Å²) >= 11 is 1.68. The Morgan fingerprint density at radius 2 is 1.96 bits per heavy atom. The van der Waals surface area contributed by atoms with E-state index in [1.54, 1.807) is 36.0 Å². The molecule has 0 fully saturated rings. The molecule has 1 aromatic carbocycles. The van der Waals surface area contributed by atoms with Crippen LogP contribution in [0.25, 0.3) is 0 Å². The lowest BCUT2D eigenvalue weighted by Gasteiger charge is -2.18. The Morgan fingerprint density at radius 1 is 1.30 bits per heavy atom. The Kier molecular flexibility index (Phi) is 8.46. The van der Waals surface area contributed by atoms with E-state index in [-0.39, 0.29) is 0 Å². The minimum Gasteiger partial charge on any atom is -0.497 e. The van der Waals surface area contributed by atoms with Crippen LogP contribution < -0.4 is 21.3 Å². The van der Waals surface area contributed by atoms with Gasteiger partial charge in [0.15, 0.2) is 0 Å². The molecule has 0 bridgehead atoms. The van der Waals surface area contributed by atoms with Crippen molar-refractivity contribution in [3.05, 3.63) is 29.8 Å². The molecule has 0 aliphatic rings. The minimum atomic E-state index is -1.37. The normalized spacial score (nSPS) is 13.0. The quantitative estimate of drug-likeness (QED) is 0.399. The van der Waals surface area contributed by atoms with Crippen molar-refractivity contribution in [1.29, 1.82) is 0 Å². The summed E-state index contributed by atoms with van der Waals surface area (Å²) in [5.74, 6) is 1.11. The number of carbonyl (C=O) groups excluding carboxylic acids is 2. The number of amides is 2. The maximum atomic E-state index is 11.9. The average Bonchev–Trinajstić information content (AvgIpc) is 2.58. The molecule has 1 aromatic rings. The van der Waals surface area contributed by atoms with E-state index < -0.39 is 24.0 Å². The van der Waals surface area contributed by atoms with Gasteiger partial charge in [-0.05, 0) is 42.2 Å². The third-order valence-corrected chi connectivity index (χ3v) is 4.06. The fourth-order valence-electron chi connectivity index (χ4n) is 1.72. The molecule has 0 radical (unpaired) electrons. The van der Waals surface area contributed by atoms with Gasteiger partial charge >= 0.3 is 0 Å². The number of carbonyl (C=O) groups is 2. The van der Waals surface area contributed by atoms with Crippen molar-refractivity contribution in [2.24, 2.45) is 5.73 Å². The topological polar surface area (TPSA) is 114 Å². The molecule has 1 rings (SSSR count). The van der Waals surface area contributed by atoms with Crippen molar-refractivity contribution in [1.82, 2.24) is 10.9 Å². The molecule has 2 amide bonds. The summed E-state index contributed by atoms with van der Waals surface area (Å²) in [4.78, 5) is 23.6. The van der Waals surface area contributed by atoms with E-state index in [1.165, 1.54) is 7.11 Å². The summed E-state index contributed by atoms with van der Waals surface area (Å²) < 4.78 is 5.00. The number of aliphatic hydroxyl groups is 1. The van der Waals surface area contributed by atoms with Gasteiger partial charge in [-0.3, -0.25) is 20.4 Å². The van der Waals surface area contributed by atoms with Crippen LogP contribution in [0.4, 0.5) is 0 Å². The largest absolute Gasteiger partial charge is 0.497 e. The third-order valence-electron chi connectivity index (χ3n) is 3.13. The summed E-state index contributed by atoms with van der Waals surface area (Å²) in [6.07, 6.45) is -0.858. The number of rotatable bonds is 8. The molecule has 23 heavy (non-hydrogen) atoms. The first-order valence-electron chi connectivity index (χ1n) is 7.25. The standard InChI is InChI=1S/C15H23N3O4S/c1-3-23-9-8-12(16)13(19)15(21)18-17-14(20)10-4-6-11(22-2)7-5-10/h4-7,12-13,19H,3,8-9,16H2,1-2H3,(H,17,20)(H,18,21)/t12-,13?/m1/s1. The Labute approximate surface area is 139 Å². The molecular formula is C15H23N3O4S. The second-order valence-corrected chi connectivity index (χ2v) is 6.16. The number of benzene rings is 1. The van der Waals surface area contributed by atoms with Gasteiger partial charge in [0.05, 0.1) is 7.11 Å². The Morgan fingerprint density at radius 3 is 2.52 bits per heavy atom. The van der Waals surface area contributed by atoms with Crippen LogP contribution in [-0.2, 0) is 4.79 Å². The number of hydrogen-bond acceptors (Lipinski definition) is 6. The summed E-state index contributed by atoms with van der Waals surface area (Å²) in [5.41, 5.74) is 10.5. The van der Waals surface area contributed by atoms with E-state index in [2.05, 4.69) is 10.9 Å². The lowest BCUT2D eigenvalue weighted by Crippen LogP contribution is -2.52. The van der Waals surface area contributed by atoms with Crippen molar-refractivity contribution >= 4 is 23.6 Å². The van der Waals surface area contributed by atoms with Crippen LogP contribution in [0.1, 0.15) is 23.7 Å². The molecule has 0 aliphatic heterocycles. The molecule has 5 N–H and O–H groups in total. The summed E-state index contributed by atoms with van der Waals surface area (Å²) in [6.45, 7) is 2.02. The lowest BCUT2D eigenvalue weighted by molar-refractivity contribution is -0.131. The SMILES string of the molecule is CCSCC[C@@H](N)C(O)C(=O)NNC(=O)c1ccc(OC)cc1. The van der Waals surface area contributed by atoms with E-state index in [0.29, 0.717) is 17.7 Å². The maximum absolute atomic E-state index is 11.9. The molecule has 7 nitrogen and oxygen atoms in total. The summed E-state index contributed by atoms with van der Waals surface area (Å²) in [5, 5.41) is 9.82. The zero-order valence-corrected chi connectivity index (χ0v) is 14.1. The number of nitrogens with two attached hydrogens (primary N) is 1. The number of thioether (sulfide) groups is 1. The smallest absolute Gasteiger partial charge is 0.269 e.